The van der Waals surface area contributed by atoms with Crippen LogP contribution < -0.4 is 10.1 Å². The first-order chi connectivity index (χ1) is 16.7. The molecule has 3 aliphatic carbocycles. The number of aromatic nitrogens is 1. The van der Waals surface area contributed by atoms with Crippen molar-refractivity contribution in [2.24, 2.45) is 23.2 Å². The minimum absolute atomic E-state index is 0.0171. The van der Waals surface area contributed by atoms with Gasteiger partial charge in [0.15, 0.2) is 5.13 Å². The topological polar surface area (TPSA) is 95.3 Å². The Morgan fingerprint density at radius 2 is 2.17 bits per heavy atom. The van der Waals surface area contributed by atoms with E-state index in [9.17, 15) is 9.90 Å². The molecule has 0 aliphatic heterocycles. The Bertz CT molecular complexity index is 1150. The maximum Gasteiger partial charge on any atom is 0.226 e. The zero-order valence-electron chi connectivity index (χ0n) is 21.2. The van der Waals surface area contributed by atoms with Crippen LogP contribution in [0.5, 0.6) is 5.75 Å². The number of hydrogen-bond donors (Lipinski definition) is 3. The summed E-state index contributed by atoms with van der Waals surface area (Å²) in [6.07, 6.45) is 7.51. The highest BCUT2D eigenvalue weighted by Gasteiger charge is 2.65. The molecule has 2 fully saturated rings. The molecule has 1 aromatic heterocycles. The number of fused-ring (bicyclic) bond motifs is 5. The number of thiazole rings is 1. The van der Waals surface area contributed by atoms with Crippen molar-refractivity contribution < 1.29 is 14.6 Å². The van der Waals surface area contributed by atoms with Crippen LogP contribution in [0.1, 0.15) is 74.3 Å². The highest BCUT2D eigenvalue weighted by Crippen LogP contribution is 2.67. The molecular weight excluding hydrogens is 458 g/mol. The number of carbonyl (C=O) groups excluding carboxylic acids is 1. The second-order valence-electron chi connectivity index (χ2n) is 11.2. The Kier molecular flexibility index (Phi) is 6.29. The summed E-state index contributed by atoms with van der Waals surface area (Å²) in [6, 6.07) is 6.51. The van der Waals surface area contributed by atoms with Gasteiger partial charge in [-0.1, -0.05) is 13.0 Å². The summed E-state index contributed by atoms with van der Waals surface area (Å²) in [5.41, 5.74) is 1.75. The number of nitrogens with zero attached hydrogens (tertiary/aromatic N) is 1. The van der Waals surface area contributed by atoms with Gasteiger partial charge < -0.3 is 20.6 Å². The molecule has 5 rings (SSSR count). The number of aliphatic hydroxyl groups is 1. The van der Waals surface area contributed by atoms with Crippen LogP contribution in [-0.2, 0) is 11.2 Å². The monoisotopic (exact) mass is 495 g/mol. The van der Waals surface area contributed by atoms with E-state index in [0.29, 0.717) is 35.5 Å². The molecule has 1 amide bonds. The Morgan fingerprint density at radius 3 is 2.86 bits per heavy atom. The largest absolute Gasteiger partial charge is 0.497 e. The minimum Gasteiger partial charge on any atom is -0.497 e. The second kappa shape index (κ2) is 9.00. The molecule has 7 heteroatoms. The number of rotatable bonds is 6. The van der Waals surface area contributed by atoms with Gasteiger partial charge in [0, 0.05) is 28.6 Å². The third-order valence-electron chi connectivity index (χ3n) is 9.43. The molecule has 1 heterocycles. The van der Waals surface area contributed by atoms with E-state index in [-0.39, 0.29) is 23.2 Å². The van der Waals surface area contributed by atoms with Crippen molar-refractivity contribution in [1.29, 1.82) is 5.41 Å². The van der Waals surface area contributed by atoms with Gasteiger partial charge in [-0.2, -0.15) is 0 Å². The second-order valence-corrected chi connectivity index (χ2v) is 12.4. The molecule has 3 aliphatic rings. The van der Waals surface area contributed by atoms with E-state index in [4.69, 9.17) is 10.1 Å². The van der Waals surface area contributed by atoms with Crippen molar-refractivity contribution in [3.63, 3.8) is 0 Å². The number of nitrogens with one attached hydrogen (secondary N) is 2. The van der Waals surface area contributed by atoms with Crippen LogP contribution in [0.3, 0.4) is 0 Å². The number of amides is 1. The van der Waals surface area contributed by atoms with Crippen LogP contribution >= 0.6 is 11.3 Å². The minimum atomic E-state index is -1.10. The van der Waals surface area contributed by atoms with Gasteiger partial charge in [0.25, 0.3) is 0 Å². The summed E-state index contributed by atoms with van der Waals surface area (Å²) in [6.45, 7) is 5.95. The molecule has 6 atom stereocenters. The summed E-state index contributed by atoms with van der Waals surface area (Å²) < 4.78 is 5.47. The standard InChI is InChI=1S/C28H37N3O3S/c1-16-15-30-26(35-16)31-24(32)10-6-19-14-28(33,17(2)29)27(3)12-11-22-21-9-7-20(34-4)13-18(21)5-8-23(22)25(19)27/h7,9,13,15,19,22-23,25,29,33H,5-6,8,10-12,14H2,1-4H3,(H,30,31,32)/t19-,22?,23?,25?,27+,28-/m1/s1. The summed E-state index contributed by atoms with van der Waals surface area (Å²) in [7, 11) is 1.72. The van der Waals surface area contributed by atoms with Crippen molar-refractivity contribution >= 4 is 28.1 Å². The smallest absolute Gasteiger partial charge is 0.226 e. The number of carbonyl (C=O) groups is 1. The van der Waals surface area contributed by atoms with E-state index in [1.54, 1.807) is 20.2 Å². The van der Waals surface area contributed by atoms with Crippen molar-refractivity contribution in [2.45, 2.75) is 77.2 Å². The Hall–Kier alpha value is -2.25. The molecule has 0 bridgehead atoms. The lowest BCUT2D eigenvalue weighted by atomic mass is 9.51. The molecule has 6 nitrogen and oxygen atoms in total. The van der Waals surface area contributed by atoms with Gasteiger partial charge in [-0.25, -0.2) is 4.98 Å². The predicted octanol–water partition coefficient (Wildman–Crippen LogP) is 5.73. The molecule has 2 saturated carbocycles. The highest BCUT2D eigenvalue weighted by atomic mass is 32.1. The molecule has 0 spiro atoms. The Morgan fingerprint density at radius 1 is 1.37 bits per heavy atom. The zero-order valence-corrected chi connectivity index (χ0v) is 22.0. The maximum atomic E-state index is 12.8. The quantitative estimate of drug-likeness (QED) is 0.446. The van der Waals surface area contributed by atoms with Gasteiger partial charge >= 0.3 is 0 Å². The van der Waals surface area contributed by atoms with Crippen LogP contribution in [-0.4, -0.2) is 34.4 Å². The predicted molar refractivity (Wildman–Crippen MR) is 140 cm³/mol. The van der Waals surface area contributed by atoms with E-state index < -0.39 is 5.60 Å². The van der Waals surface area contributed by atoms with Crippen LogP contribution in [0.15, 0.2) is 24.4 Å². The van der Waals surface area contributed by atoms with Gasteiger partial charge in [-0.15, -0.1) is 11.3 Å². The molecule has 3 N–H and O–H groups in total. The van der Waals surface area contributed by atoms with Crippen molar-refractivity contribution in [3.8, 4) is 5.75 Å². The molecule has 188 valence electrons. The lowest BCUT2D eigenvalue weighted by molar-refractivity contribution is -0.116. The maximum absolute atomic E-state index is 12.8. The SMILES string of the molecule is COc1ccc2c(c1)CCC1C2CC[C@@]2(C)C1[C@H](CCC(=O)Nc1ncc(C)s1)C[C@@]2(O)C(C)=N. The number of aryl methyl sites for hydroxylation is 2. The molecule has 0 saturated heterocycles. The van der Waals surface area contributed by atoms with Gasteiger partial charge in [0.2, 0.25) is 5.91 Å². The lowest BCUT2D eigenvalue weighted by Crippen LogP contribution is -2.54. The number of ether oxygens (including phenoxy) is 1. The average molecular weight is 496 g/mol. The van der Waals surface area contributed by atoms with Gasteiger partial charge in [0.1, 0.15) is 11.4 Å². The van der Waals surface area contributed by atoms with Crippen molar-refractivity contribution in [2.75, 3.05) is 12.4 Å². The van der Waals surface area contributed by atoms with E-state index in [0.717, 1.165) is 42.7 Å². The van der Waals surface area contributed by atoms with Gasteiger partial charge in [-0.3, -0.25) is 4.79 Å². The van der Waals surface area contributed by atoms with E-state index in [1.165, 1.54) is 22.5 Å². The summed E-state index contributed by atoms with van der Waals surface area (Å²) >= 11 is 1.49. The third kappa shape index (κ3) is 4.01. The molecular formula is C28H37N3O3S. The van der Waals surface area contributed by atoms with E-state index >= 15 is 0 Å². The van der Waals surface area contributed by atoms with E-state index in [1.807, 2.05) is 6.92 Å². The first kappa shape index (κ1) is 24.4. The number of hydrogen-bond acceptors (Lipinski definition) is 6. The first-order valence-electron chi connectivity index (χ1n) is 12.8. The summed E-state index contributed by atoms with van der Waals surface area (Å²) in [4.78, 5) is 18.1. The molecule has 2 aromatic rings. The lowest BCUT2D eigenvalue weighted by Gasteiger charge is -2.54. The molecule has 35 heavy (non-hydrogen) atoms. The fraction of sp³-hybridized carbons (Fsp3) is 0.607. The van der Waals surface area contributed by atoms with Gasteiger partial charge in [0.05, 0.1) is 7.11 Å². The normalized spacial score (nSPS) is 33.4. The molecule has 1 aromatic carbocycles. The van der Waals surface area contributed by atoms with Crippen molar-refractivity contribution in [3.05, 3.63) is 40.4 Å². The molecule has 3 unspecified atom stereocenters. The zero-order chi connectivity index (χ0) is 25.0. The van der Waals surface area contributed by atoms with Gasteiger partial charge in [-0.05, 0) is 99.3 Å². The first-order valence-corrected chi connectivity index (χ1v) is 13.6. The van der Waals surface area contributed by atoms with Crippen LogP contribution in [0.2, 0.25) is 0 Å². The van der Waals surface area contributed by atoms with Crippen LogP contribution in [0, 0.1) is 35.5 Å². The summed E-state index contributed by atoms with van der Waals surface area (Å²) in [5, 5.41) is 24.0. The highest BCUT2D eigenvalue weighted by molar-refractivity contribution is 7.15. The third-order valence-corrected chi connectivity index (χ3v) is 10.3. The number of benzene rings is 1. The Balaban J connectivity index is 1.40. The number of methoxy groups -OCH3 is 1. The fourth-order valence-corrected chi connectivity index (χ4v) is 8.48. The average Bonchev–Trinajstić information content (AvgIpc) is 3.35. The van der Waals surface area contributed by atoms with Crippen molar-refractivity contribution in [1.82, 2.24) is 4.98 Å². The van der Waals surface area contributed by atoms with Crippen LogP contribution in [0.4, 0.5) is 5.13 Å². The van der Waals surface area contributed by atoms with Crippen LogP contribution in [0.25, 0.3) is 0 Å². The number of anilines is 1. The van der Waals surface area contributed by atoms with E-state index in [2.05, 4.69) is 35.4 Å². The molecule has 0 radical (unpaired) electrons. The fourth-order valence-electron chi connectivity index (χ4n) is 7.80. The Labute approximate surface area is 212 Å². The summed E-state index contributed by atoms with van der Waals surface area (Å²) in [5.74, 6) is 2.31.